The highest BCUT2D eigenvalue weighted by Gasteiger charge is 2.35. The first-order valence-electron chi connectivity index (χ1n) is 8.46. The number of thiophene rings is 1. The highest BCUT2D eigenvalue weighted by Crippen LogP contribution is 2.46. The largest absolute Gasteiger partial charge is 0.497 e. The molecule has 1 N–H and O–H groups in total. The number of methoxy groups -OCH3 is 1. The summed E-state index contributed by atoms with van der Waals surface area (Å²) >= 11 is 1.21. The minimum absolute atomic E-state index is 0.0204. The van der Waals surface area contributed by atoms with Gasteiger partial charge in [-0.15, -0.1) is 11.3 Å². The first-order chi connectivity index (χ1) is 13.4. The number of ether oxygens (including phenoxy) is 1. The van der Waals surface area contributed by atoms with Crippen LogP contribution in [0.2, 0.25) is 0 Å². The zero-order valence-corrected chi connectivity index (χ0v) is 16.4. The maximum atomic E-state index is 14.3. The summed E-state index contributed by atoms with van der Waals surface area (Å²) in [4.78, 5) is 13.0. The number of carbonyl (C=O) groups is 1. The summed E-state index contributed by atoms with van der Waals surface area (Å²) in [5.74, 6) is -0.736. The average molecular weight is 417 g/mol. The Morgan fingerprint density at radius 1 is 1.14 bits per heavy atom. The van der Waals surface area contributed by atoms with Gasteiger partial charge in [-0.05, 0) is 35.9 Å². The van der Waals surface area contributed by atoms with Crippen LogP contribution in [0, 0.1) is 5.82 Å². The number of halogens is 1. The zero-order chi connectivity index (χ0) is 19.9. The molecule has 1 aromatic heterocycles. The van der Waals surface area contributed by atoms with Crippen molar-refractivity contribution in [3.8, 4) is 5.75 Å². The number of hydrogen-bond donors (Lipinski definition) is 1. The van der Waals surface area contributed by atoms with E-state index >= 15 is 0 Å². The minimum atomic E-state index is -3.85. The number of sulfone groups is 1. The molecular weight excluding hydrogens is 401 g/mol. The maximum Gasteiger partial charge on any atom is 0.225 e. The molecule has 0 saturated heterocycles. The summed E-state index contributed by atoms with van der Waals surface area (Å²) in [6.45, 7) is 0. The molecule has 3 aromatic rings. The molecule has 0 bridgehead atoms. The molecule has 2 heterocycles. The van der Waals surface area contributed by atoms with E-state index in [1.165, 1.54) is 42.0 Å². The van der Waals surface area contributed by atoms with Crippen LogP contribution in [0.3, 0.4) is 0 Å². The lowest BCUT2D eigenvalue weighted by Gasteiger charge is -2.24. The minimum Gasteiger partial charge on any atom is -0.497 e. The number of rotatable bonds is 4. The third kappa shape index (κ3) is 3.08. The third-order valence-corrected chi connectivity index (χ3v) is 7.74. The van der Waals surface area contributed by atoms with Crippen molar-refractivity contribution in [2.24, 2.45) is 0 Å². The van der Waals surface area contributed by atoms with Crippen molar-refractivity contribution in [2.75, 3.05) is 12.4 Å². The molecule has 0 radical (unpaired) electrons. The van der Waals surface area contributed by atoms with Gasteiger partial charge in [-0.2, -0.15) is 0 Å². The van der Waals surface area contributed by atoms with E-state index in [0.717, 1.165) is 0 Å². The molecule has 28 heavy (non-hydrogen) atoms. The fraction of sp³-hybridized carbons (Fsp3) is 0.150. The van der Waals surface area contributed by atoms with Crippen LogP contribution in [0.5, 0.6) is 5.75 Å². The molecule has 0 saturated carbocycles. The van der Waals surface area contributed by atoms with Gasteiger partial charge in [0.15, 0.2) is 0 Å². The molecule has 1 aliphatic rings. The summed E-state index contributed by atoms with van der Waals surface area (Å²) in [6.07, 6.45) is 0.0659. The van der Waals surface area contributed by atoms with Crippen molar-refractivity contribution < 1.29 is 22.3 Å². The Kier molecular flexibility index (Phi) is 4.68. The second-order valence-electron chi connectivity index (χ2n) is 6.34. The van der Waals surface area contributed by atoms with Crippen molar-refractivity contribution in [1.82, 2.24) is 0 Å². The lowest BCUT2D eigenvalue weighted by molar-refractivity contribution is -0.116. The second kappa shape index (κ2) is 7.03. The van der Waals surface area contributed by atoms with E-state index in [0.29, 0.717) is 16.2 Å². The first kappa shape index (κ1) is 18.6. The lowest BCUT2D eigenvalue weighted by atomic mass is 9.90. The monoisotopic (exact) mass is 417 g/mol. The van der Waals surface area contributed by atoms with Gasteiger partial charge in [0.05, 0.1) is 17.7 Å². The Bertz CT molecular complexity index is 1150. The quantitative estimate of drug-likeness (QED) is 0.691. The molecule has 8 heteroatoms. The summed E-state index contributed by atoms with van der Waals surface area (Å²) in [6, 6.07) is 12.3. The number of anilines is 1. The summed E-state index contributed by atoms with van der Waals surface area (Å²) < 4.78 is 45.6. The van der Waals surface area contributed by atoms with E-state index in [2.05, 4.69) is 5.32 Å². The number of nitrogens with one attached hydrogen (secondary N) is 1. The van der Waals surface area contributed by atoms with Gasteiger partial charge in [-0.1, -0.05) is 18.2 Å². The van der Waals surface area contributed by atoms with Crippen LogP contribution in [0.25, 0.3) is 0 Å². The SMILES string of the molecule is COc1ccc(S(=O)(=O)c2csc3c2NC(=O)C[C@@H]3c2ccccc2F)cc1. The maximum absolute atomic E-state index is 14.3. The molecule has 0 aliphatic carbocycles. The molecule has 144 valence electrons. The summed E-state index contributed by atoms with van der Waals surface area (Å²) in [5, 5.41) is 4.17. The Morgan fingerprint density at radius 2 is 1.86 bits per heavy atom. The number of carbonyl (C=O) groups excluding carboxylic acids is 1. The van der Waals surface area contributed by atoms with Gasteiger partial charge in [0, 0.05) is 22.6 Å². The predicted octanol–water partition coefficient (Wildman–Crippen LogP) is 4.20. The first-order valence-corrected chi connectivity index (χ1v) is 10.8. The molecule has 0 fully saturated rings. The fourth-order valence-corrected chi connectivity index (χ4v) is 6.19. The van der Waals surface area contributed by atoms with E-state index < -0.39 is 21.6 Å². The Balaban J connectivity index is 1.82. The summed E-state index contributed by atoms with van der Waals surface area (Å²) in [7, 11) is -2.36. The van der Waals surface area contributed by atoms with Crippen LogP contribution in [0.15, 0.2) is 63.7 Å². The van der Waals surface area contributed by atoms with Crippen LogP contribution in [-0.4, -0.2) is 21.4 Å². The molecule has 5 nitrogen and oxygen atoms in total. The molecule has 0 spiro atoms. The van der Waals surface area contributed by atoms with Crippen LogP contribution >= 0.6 is 11.3 Å². The van der Waals surface area contributed by atoms with Crippen LogP contribution in [0.1, 0.15) is 22.8 Å². The van der Waals surface area contributed by atoms with Crippen molar-refractivity contribution >= 4 is 32.8 Å². The van der Waals surface area contributed by atoms with Crippen molar-refractivity contribution in [3.63, 3.8) is 0 Å². The molecule has 1 atom stereocenters. The topological polar surface area (TPSA) is 72.5 Å². The van der Waals surface area contributed by atoms with Gasteiger partial charge >= 0.3 is 0 Å². The van der Waals surface area contributed by atoms with Gasteiger partial charge in [-0.3, -0.25) is 4.79 Å². The van der Waals surface area contributed by atoms with Crippen LogP contribution < -0.4 is 10.1 Å². The van der Waals surface area contributed by atoms with E-state index in [9.17, 15) is 17.6 Å². The third-order valence-electron chi connectivity index (χ3n) is 4.70. The molecule has 1 aliphatic heterocycles. The van der Waals surface area contributed by atoms with Gasteiger partial charge < -0.3 is 10.1 Å². The zero-order valence-electron chi connectivity index (χ0n) is 14.8. The molecule has 0 unspecified atom stereocenters. The highest BCUT2D eigenvalue weighted by atomic mass is 32.2. The van der Waals surface area contributed by atoms with Crippen molar-refractivity contribution in [1.29, 1.82) is 0 Å². The van der Waals surface area contributed by atoms with Crippen molar-refractivity contribution in [2.45, 2.75) is 22.1 Å². The highest BCUT2D eigenvalue weighted by molar-refractivity contribution is 7.91. The number of benzene rings is 2. The van der Waals surface area contributed by atoms with Crippen LogP contribution in [0.4, 0.5) is 10.1 Å². The lowest BCUT2D eigenvalue weighted by Crippen LogP contribution is -2.24. The van der Waals surface area contributed by atoms with Crippen molar-refractivity contribution in [3.05, 3.63) is 70.2 Å². The average Bonchev–Trinajstić information content (AvgIpc) is 3.12. The number of amides is 1. The number of fused-ring (bicyclic) bond motifs is 1. The second-order valence-corrected chi connectivity index (χ2v) is 9.17. The normalized spacial score (nSPS) is 16.4. The van der Waals surface area contributed by atoms with Gasteiger partial charge in [-0.25, -0.2) is 12.8 Å². The number of hydrogen-bond acceptors (Lipinski definition) is 5. The Morgan fingerprint density at radius 3 is 2.54 bits per heavy atom. The van der Waals surface area contributed by atoms with E-state index in [1.807, 2.05) is 0 Å². The van der Waals surface area contributed by atoms with Gasteiger partial charge in [0.25, 0.3) is 0 Å². The fourth-order valence-electron chi connectivity index (χ4n) is 3.29. The standard InChI is InChI=1S/C20H16FNO4S2/c1-26-12-6-8-13(9-7-12)28(24,25)17-11-27-20-15(10-18(23)22-19(17)20)14-4-2-3-5-16(14)21/h2-9,11,15H,10H2,1H3,(H,22,23)/t15-/m1/s1. The van der Waals surface area contributed by atoms with Crippen LogP contribution in [-0.2, 0) is 14.6 Å². The predicted molar refractivity (Wildman–Crippen MR) is 104 cm³/mol. The van der Waals surface area contributed by atoms with Gasteiger partial charge in [0.1, 0.15) is 16.5 Å². The Labute approximate surface area is 165 Å². The molecule has 2 aromatic carbocycles. The van der Waals surface area contributed by atoms with E-state index in [-0.39, 0.29) is 27.8 Å². The summed E-state index contributed by atoms with van der Waals surface area (Å²) in [5.41, 5.74) is 0.624. The molecule has 4 rings (SSSR count). The molecule has 1 amide bonds. The van der Waals surface area contributed by atoms with E-state index in [4.69, 9.17) is 4.74 Å². The van der Waals surface area contributed by atoms with Gasteiger partial charge in [0.2, 0.25) is 15.7 Å². The Hall–Kier alpha value is -2.71. The smallest absolute Gasteiger partial charge is 0.225 e. The van der Waals surface area contributed by atoms with E-state index in [1.54, 1.807) is 30.3 Å². The molecular formula is C20H16FNO4S2.